The van der Waals surface area contributed by atoms with E-state index in [4.69, 9.17) is 5.11 Å². The first-order chi connectivity index (χ1) is 12.9. The summed E-state index contributed by atoms with van der Waals surface area (Å²) in [7, 11) is 0. The molecule has 0 saturated heterocycles. The lowest BCUT2D eigenvalue weighted by molar-refractivity contribution is 0.0691. The number of nitrogens with one attached hydrogen (secondary N) is 1. The third kappa shape index (κ3) is 3.93. The van der Waals surface area contributed by atoms with Gasteiger partial charge in [-0.2, -0.15) is 0 Å². The Balaban J connectivity index is 1.76. The molecule has 0 bridgehead atoms. The molecule has 0 aliphatic heterocycles. The Morgan fingerprint density at radius 2 is 1.96 bits per heavy atom. The van der Waals surface area contributed by atoms with Gasteiger partial charge in [0.15, 0.2) is 5.69 Å². The van der Waals surface area contributed by atoms with E-state index in [1.54, 1.807) is 0 Å². The van der Waals surface area contributed by atoms with Gasteiger partial charge in [0.25, 0.3) is 5.91 Å². The molecular weight excluding hydrogens is 362 g/mol. The topological polar surface area (TPSA) is 84.2 Å². The quantitative estimate of drug-likeness (QED) is 0.678. The van der Waals surface area contributed by atoms with E-state index in [9.17, 15) is 9.59 Å². The minimum absolute atomic E-state index is 0.000821. The van der Waals surface area contributed by atoms with Gasteiger partial charge in [-0.25, -0.2) is 9.78 Å². The number of aromatic carboxylic acids is 1. The van der Waals surface area contributed by atoms with Crippen LogP contribution in [0.2, 0.25) is 0 Å². The molecule has 2 heterocycles. The molecule has 0 aliphatic carbocycles. The monoisotopic (exact) mass is 383 g/mol. The van der Waals surface area contributed by atoms with Gasteiger partial charge in [-0.3, -0.25) is 4.79 Å². The predicted octanol–water partition coefficient (Wildman–Crippen LogP) is 3.80. The fraction of sp³-hybridized carbons (Fsp3) is 0.250. The highest BCUT2D eigenvalue weighted by molar-refractivity contribution is 7.09. The molecule has 1 atom stereocenters. The van der Waals surface area contributed by atoms with Crippen LogP contribution in [0.1, 0.15) is 55.8 Å². The van der Waals surface area contributed by atoms with Crippen molar-refractivity contribution in [2.75, 3.05) is 0 Å². The number of aryl methyl sites for hydroxylation is 1. The number of carboxylic acids is 1. The van der Waals surface area contributed by atoms with E-state index in [0.29, 0.717) is 10.6 Å². The molecule has 0 saturated carbocycles. The average Bonchev–Trinajstić information content (AvgIpc) is 3.25. The Morgan fingerprint density at radius 3 is 2.59 bits per heavy atom. The van der Waals surface area contributed by atoms with Gasteiger partial charge in [-0.1, -0.05) is 30.3 Å². The molecule has 2 N–H and O–H groups in total. The lowest BCUT2D eigenvalue weighted by atomic mass is 10.1. The Hall–Kier alpha value is -2.93. The second kappa shape index (κ2) is 7.75. The fourth-order valence-electron chi connectivity index (χ4n) is 3.23. The predicted molar refractivity (Wildman–Crippen MR) is 104 cm³/mol. The highest BCUT2D eigenvalue weighted by atomic mass is 32.1. The number of benzene rings is 1. The summed E-state index contributed by atoms with van der Waals surface area (Å²) in [4.78, 5) is 27.5. The van der Waals surface area contributed by atoms with Crippen LogP contribution in [0.25, 0.3) is 0 Å². The largest absolute Gasteiger partial charge is 0.476 e. The molecule has 1 unspecified atom stereocenters. The van der Waals surface area contributed by atoms with E-state index < -0.39 is 5.97 Å². The molecule has 3 rings (SSSR count). The molecule has 6 nitrogen and oxygen atoms in total. The van der Waals surface area contributed by atoms with E-state index in [1.165, 1.54) is 22.3 Å². The van der Waals surface area contributed by atoms with Crippen LogP contribution in [0.3, 0.4) is 0 Å². The first-order valence-electron chi connectivity index (χ1n) is 8.57. The van der Waals surface area contributed by atoms with Crippen molar-refractivity contribution in [2.24, 2.45) is 0 Å². The van der Waals surface area contributed by atoms with Crippen LogP contribution in [0, 0.1) is 13.8 Å². The number of hydrogen-bond acceptors (Lipinski definition) is 4. The molecule has 2 aromatic heterocycles. The highest BCUT2D eigenvalue weighted by Crippen LogP contribution is 2.25. The van der Waals surface area contributed by atoms with Crippen molar-refractivity contribution in [1.82, 2.24) is 14.9 Å². The van der Waals surface area contributed by atoms with E-state index in [0.717, 1.165) is 11.4 Å². The average molecular weight is 383 g/mol. The van der Waals surface area contributed by atoms with Crippen LogP contribution < -0.4 is 5.32 Å². The van der Waals surface area contributed by atoms with Gasteiger partial charge >= 0.3 is 5.97 Å². The van der Waals surface area contributed by atoms with E-state index in [2.05, 4.69) is 33.9 Å². The second-order valence-corrected chi connectivity index (χ2v) is 7.30. The van der Waals surface area contributed by atoms with Crippen molar-refractivity contribution < 1.29 is 14.7 Å². The van der Waals surface area contributed by atoms with Crippen molar-refractivity contribution >= 4 is 23.2 Å². The van der Waals surface area contributed by atoms with Crippen LogP contribution in [-0.2, 0) is 6.54 Å². The zero-order valence-corrected chi connectivity index (χ0v) is 16.2. The molecule has 7 heteroatoms. The minimum Gasteiger partial charge on any atom is -0.476 e. The zero-order valence-electron chi connectivity index (χ0n) is 15.4. The van der Waals surface area contributed by atoms with Gasteiger partial charge in [-0.05, 0) is 32.4 Å². The van der Waals surface area contributed by atoms with Crippen LogP contribution in [-0.4, -0.2) is 26.5 Å². The van der Waals surface area contributed by atoms with Crippen molar-refractivity contribution in [3.8, 4) is 0 Å². The van der Waals surface area contributed by atoms with Crippen LogP contribution in [0.15, 0.2) is 41.8 Å². The number of rotatable bonds is 6. The van der Waals surface area contributed by atoms with Gasteiger partial charge in [-0.15, -0.1) is 11.3 Å². The summed E-state index contributed by atoms with van der Waals surface area (Å²) in [5.41, 5.74) is 3.70. The van der Waals surface area contributed by atoms with E-state index >= 15 is 0 Å². The van der Waals surface area contributed by atoms with E-state index in [1.807, 2.05) is 38.1 Å². The minimum atomic E-state index is -1.07. The molecule has 1 aromatic carbocycles. The van der Waals surface area contributed by atoms with Gasteiger partial charge in [0.1, 0.15) is 5.01 Å². The maximum atomic E-state index is 12.6. The first-order valence-corrected chi connectivity index (χ1v) is 9.45. The van der Waals surface area contributed by atoms with Crippen molar-refractivity contribution in [3.05, 3.63) is 75.0 Å². The molecule has 27 heavy (non-hydrogen) atoms. The molecule has 3 aromatic rings. The maximum absolute atomic E-state index is 12.6. The lowest BCUT2D eigenvalue weighted by Gasteiger charge is -2.19. The van der Waals surface area contributed by atoms with Crippen LogP contribution in [0.5, 0.6) is 0 Å². The molecule has 0 aliphatic rings. The van der Waals surface area contributed by atoms with Crippen molar-refractivity contribution in [3.63, 3.8) is 0 Å². The standard InChI is InChI=1S/C20H21N3O3S/c1-12-9-16(14(3)23(12)13(2)15-7-5-4-6-8-15)19(24)21-10-18-22-17(11-27-18)20(25)26/h4-9,11,13H,10H2,1-3H3,(H,21,24)(H,25,26). The summed E-state index contributed by atoms with van der Waals surface area (Å²) in [5, 5.41) is 13.8. The molecular formula is C20H21N3O3S. The number of nitrogens with zero attached hydrogens (tertiary/aromatic N) is 2. The van der Waals surface area contributed by atoms with Crippen molar-refractivity contribution in [1.29, 1.82) is 0 Å². The third-order valence-electron chi connectivity index (χ3n) is 4.57. The number of hydrogen-bond donors (Lipinski definition) is 2. The Labute approximate surface area is 161 Å². The van der Waals surface area contributed by atoms with Gasteiger partial charge in [0.05, 0.1) is 18.2 Å². The number of amides is 1. The summed E-state index contributed by atoms with van der Waals surface area (Å²) in [6.07, 6.45) is 0. The molecule has 0 spiro atoms. The lowest BCUT2D eigenvalue weighted by Crippen LogP contribution is -2.23. The second-order valence-electron chi connectivity index (χ2n) is 6.36. The number of carboxylic acid groups (broad SMARTS) is 1. The Kier molecular flexibility index (Phi) is 5.41. The molecule has 0 fully saturated rings. The van der Waals surface area contributed by atoms with Gasteiger partial charge in [0, 0.05) is 16.8 Å². The van der Waals surface area contributed by atoms with Gasteiger partial charge < -0.3 is 15.0 Å². The highest BCUT2D eigenvalue weighted by Gasteiger charge is 2.20. The number of thiazole rings is 1. The Morgan fingerprint density at radius 1 is 1.26 bits per heavy atom. The van der Waals surface area contributed by atoms with Gasteiger partial charge in [0.2, 0.25) is 0 Å². The number of carbonyl (C=O) groups is 2. The summed E-state index contributed by atoms with van der Waals surface area (Å²) < 4.78 is 2.15. The van der Waals surface area contributed by atoms with Crippen LogP contribution in [0.4, 0.5) is 0 Å². The van der Waals surface area contributed by atoms with E-state index in [-0.39, 0.29) is 24.2 Å². The van der Waals surface area contributed by atoms with Crippen LogP contribution >= 0.6 is 11.3 Å². The smallest absolute Gasteiger partial charge is 0.355 e. The number of aromatic nitrogens is 2. The fourth-order valence-corrected chi connectivity index (χ4v) is 3.93. The first kappa shape index (κ1) is 18.8. The third-order valence-corrected chi connectivity index (χ3v) is 5.42. The SMILES string of the molecule is Cc1cc(C(=O)NCc2nc(C(=O)O)cs2)c(C)n1C(C)c1ccccc1. The molecule has 140 valence electrons. The number of carbonyl (C=O) groups excluding carboxylic acids is 1. The zero-order chi connectivity index (χ0) is 19.6. The maximum Gasteiger partial charge on any atom is 0.355 e. The summed E-state index contributed by atoms with van der Waals surface area (Å²) in [6.45, 7) is 6.24. The summed E-state index contributed by atoms with van der Waals surface area (Å²) >= 11 is 1.22. The Bertz CT molecular complexity index is 976. The summed E-state index contributed by atoms with van der Waals surface area (Å²) in [5.74, 6) is -1.26. The molecule has 1 amide bonds. The molecule has 0 radical (unpaired) electrons. The van der Waals surface area contributed by atoms with Crippen molar-refractivity contribution in [2.45, 2.75) is 33.4 Å². The normalized spacial score (nSPS) is 12.0. The summed E-state index contributed by atoms with van der Waals surface area (Å²) in [6, 6.07) is 12.1.